The number of anilines is 2. The maximum absolute atomic E-state index is 12.5. The van der Waals surface area contributed by atoms with Gasteiger partial charge in [-0.05, 0) is 37.3 Å². The molecule has 11 nitrogen and oxygen atoms in total. The molecule has 3 rings (SSSR count). The van der Waals surface area contributed by atoms with Crippen molar-refractivity contribution in [2.75, 3.05) is 24.4 Å². The molecule has 1 aromatic carbocycles. The van der Waals surface area contributed by atoms with Crippen LogP contribution < -0.4 is 20.9 Å². The fourth-order valence-electron chi connectivity index (χ4n) is 2.65. The lowest BCUT2D eigenvalue weighted by atomic mass is 10.3. The van der Waals surface area contributed by atoms with Crippen LogP contribution in [0.25, 0.3) is 0 Å². The fraction of sp³-hybridized carbons (Fsp3) is 0.238. The van der Waals surface area contributed by atoms with E-state index in [-0.39, 0.29) is 23.9 Å². The van der Waals surface area contributed by atoms with Crippen molar-refractivity contribution in [3.8, 4) is 5.75 Å². The van der Waals surface area contributed by atoms with E-state index in [4.69, 9.17) is 9.47 Å². The number of hydrogen-bond acceptors (Lipinski definition) is 9. The Labute approximate surface area is 192 Å². The van der Waals surface area contributed by atoms with Crippen molar-refractivity contribution in [2.45, 2.75) is 19.9 Å². The average Bonchev–Trinajstić information content (AvgIpc) is 3.22. The van der Waals surface area contributed by atoms with Crippen molar-refractivity contribution in [3.63, 3.8) is 0 Å². The van der Waals surface area contributed by atoms with Crippen LogP contribution in [0.3, 0.4) is 0 Å². The first-order chi connectivity index (χ1) is 15.9. The minimum Gasteiger partial charge on any atom is -0.497 e. The third-order valence-corrected chi connectivity index (χ3v) is 4.98. The van der Waals surface area contributed by atoms with E-state index in [2.05, 4.69) is 20.7 Å². The molecule has 0 saturated carbocycles. The molecule has 0 saturated heterocycles. The van der Waals surface area contributed by atoms with Crippen LogP contribution in [0.5, 0.6) is 5.75 Å². The topological polar surface area (TPSA) is 142 Å². The van der Waals surface area contributed by atoms with Gasteiger partial charge in [0, 0.05) is 17.1 Å². The standard InChI is InChI=1S/C21H21N5O6S/c1-3-32-19(29)10-14-12-33-21(23-14)24-17(27)11-26-18(28)9-8-16(25-26)20(30)22-13-4-6-15(31-2)7-5-13/h4-9,12H,3,10-11H2,1-2H3,(H,22,30)(H,23,24,27). The Balaban J connectivity index is 1.62. The second-order valence-corrected chi connectivity index (χ2v) is 7.43. The molecule has 0 unspecified atom stereocenters. The molecule has 172 valence electrons. The van der Waals surface area contributed by atoms with E-state index in [1.54, 1.807) is 36.6 Å². The Bertz CT molecular complexity index is 1200. The summed E-state index contributed by atoms with van der Waals surface area (Å²) in [5.41, 5.74) is 0.388. The molecule has 0 aliphatic heterocycles. The molecule has 2 heterocycles. The highest BCUT2D eigenvalue weighted by Gasteiger charge is 2.14. The number of rotatable bonds is 9. The van der Waals surface area contributed by atoms with Gasteiger partial charge < -0.3 is 20.1 Å². The van der Waals surface area contributed by atoms with Crippen LogP contribution in [0.1, 0.15) is 23.1 Å². The minimum atomic E-state index is -0.561. The molecule has 0 fully saturated rings. The van der Waals surface area contributed by atoms with Crippen LogP contribution >= 0.6 is 11.3 Å². The van der Waals surface area contributed by atoms with Gasteiger partial charge in [0.25, 0.3) is 11.5 Å². The van der Waals surface area contributed by atoms with E-state index in [0.717, 1.165) is 22.1 Å². The second-order valence-electron chi connectivity index (χ2n) is 6.57. The molecular formula is C21H21N5O6S. The molecule has 0 radical (unpaired) electrons. The van der Waals surface area contributed by atoms with Crippen molar-refractivity contribution in [2.24, 2.45) is 0 Å². The monoisotopic (exact) mass is 471 g/mol. The third kappa shape index (κ3) is 6.71. The number of nitrogens with one attached hydrogen (secondary N) is 2. The van der Waals surface area contributed by atoms with Gasteiger partial charge in [-0.3, -0.25) is 19.2 Å². The molecular weight excluding hydrogens is 450 g/mol. The van der Waals surface area contributed by atoms with Crippen molar-refractivity contribution in [3.05, 3.63) is 63.5 Å². The highest BCUT2D eigenvalue weighted by Crippen LogP contribution is 2.17. The highest BCUT2D eigenvalue weighted by molar-refractivity contribution is 7.13. The van der Waals surface area contributed by atoms with E-state index < -0.39 is 29.9 Å². The normalized spacial score (nSPS) is 10.4. The van der Waals surface area contributed by atoms with Gasteiger partial charge >= 0.3 is 5.97 Å². The summed E-state index contributed by atoms with van der Waals surface area (Å²) in [5.74, 6) is -0.882. The summed E-state index contributed by atoms with van der Waals surface area (Å²) in [7, 11) is 1.54. The molecule has 0 bridgehead atoms. The summed E-state index contributed by atoms with van der Waals surface area (Å²) >= 11 is 1.13. The summed E-state index contributed by atoms with van der Waals surface area (Å²) in [6.45, 7) is 1.55. The van der Waals surface area contributed by atoms with Gasteiger partial charge in [-0.2, -0.15) is 5.10 Å². The zero-order valence-electron chi connectivity index (χ0n) is 17.9. The van der Waals surface area contributed by atoms with E-state index >= 15 is 0 Å². The van der Waals surface area contributed by atoms with Crippen molar-refractivity contribution < 1.29 is 23.9 Å². The Morgan fingerprint density at radius 3 is 2.55 bits per heavy atom. The lowest BCUT2D eigenvalue weighted by Gasteiger charge is -2.08. The SMILES string of the molecule is CCOC(=O)Cc1csc(NC(=O)Cn2nc(C(=O)Nc3ccc(OC)cc3)ccc2=O)n1. The molecule has 33 heavy (non-hydrogen) atoms. The summed E-state index contributed by atoms with van der Waals surface area (Å²) in [4.78, 5) is 52.6. The van der Waals surface area contributed by atoms with Crippen molar-refractivity contribution in [1.29, 1.82) is 0 Å². The van der Waals surface area contributed by atoms with Crippen LogP contribution in [0.15, 0.2) is 46.6 Å². The first-order valence-corrected chi connectivity index (χ1v) is 10.7. The Morgan fingerprint density at radius 1 is 1.09 bits per heavy atom. The molecule has 0 spiro atoms. The number of nitrogens with zero attached hydrogens (tertiary/aromatic N) is 3. The summed E-state index contributed by atoms with van der Waals surface area (Å²) < 4.78 is 10.8. The molecule has 2 aromatic heterocycles. The number of amides is 2. The number of aromatic nitrogens is 3. The number of thiazole rings is 1. The van der Waals surface area contributed by atoms with Gasteiger partial charge in [-0.15, -0.1) is 11.3 Å². The van der Waals surface area contributed by atoms with Crippen LogP contribution in [-0.2, 0) is 27.3 Å². The molecule has 2 N–H and O–H groups in total. The predicted molar refractivity (Wildman–Crippen MR) is 121 cm³/mol. The number of hydrogen-bond donors (Lipinski definition) is 2. The fourth-order valence-corrected chi connectivity index (χ4v) is 3.38. The zero-order valence-corrected chi connectivity index (χ0v) is 18.7. The van der Waals surface area contributed by atoms with E-state index in [1.807, 2.05) is 0 Å². The Hall–Kier alpha value is -4.06. The molecule has 0 aliphatic carbocycles. The second kappa shape index (κ2) is 11.0. The van der Waals surface area contributed by atoms with Crippen LogP contribution in [0, 0.1) is 0 Å². The maximum Gasteiger partial charge on any atom is 0.311 e. The number of carbonyl (C=O) groups is 3. The van der Waals surface area contributed by atoms with Gasteiger partial charge in [0.1, 0.15) is 18.0 Å². The van der Waals surface area contributed by atoms with Gasteiger partial charge in [0.15, 0.2) is 5.13 Å². The van der Waals surface area contributed by atoms with E-state index in [0.29, 0.717) is 17.1 Å². The van der Waals surface area contributed by atoms with Crippen molar-refractivity contribution >= 4 is 39.9 Å². The van der Waals surface area contributed by atoms with Crippen LogP contribution in [0.4, 0.5) is 10.8 Å². The molecule has 3 aromatic rings. The van der Waals surface area contributed by atoms with Gasteiger partial charge in [0.2, 0.25) is 5.91 Å². The average molecular weight is 471 g/mol. The quantitative estimate of drug-likeness (QED) is 0.449. The molecule has 2 amide bonds. The largest absolute Gasteiger partial charge is 0.497 e. The van der Waals surface area contributed by atoms with E-state index in [1.165, 1.54) is 13.2 Å². The molecule has 0 atom stereocenters. The van der Waals surface area contributed by atoms with Crippen molar-refractivity contribution in [1.82, 2.24) is 14.8 Å². The summed E-state index contributed by atoms with van der Waals surface area (Å²) in [6.07, 6.45) is -0.00736. The van der Waals surface area contributed by atoms with Gasteiger partial charge in [-0.1, -0.05) is 0 Å². The minimum absolute atomic E-state index is 0.00736. The third-order valence-electron chi connectivity index (χ3n) is 4.17. The number of ether oxygens (including phenoxy) is 2. The zero-order chi connectivity index (χ0) is 23.8. The molecule has 12 heteroatoms. The Morgan fingerprint density at radius 2 is 1.85 bits per heavy atom. The van der Waals surface area contributed by atoms with Gasteiger partial charge in [0.05, 0.1) is 25.8 Å². The first-order valence-electron chi connectivity index (χ1n) is 9.81. The summed E-state index contributed by atoms with van der Waals surface area (Å²) in [5, 5.41) is 11.1. The first kappa shape index (κ1) is 23.6. The van der Waals surface area contributed by atoms with Crippen LogP contribution in [-0.4, -0.2) is 46.3 Å². The lowest BCUT2D eigenvalue weighted by Crippen LogP contribution is -2.31. The number of benzene rings is 1. The van der Waals surface area contributed by atoms with Crippen LogP contribution in [0.2, 0.25) is 0 Å². The number of esters is 1. The van der Waals surface area contributed by atoms with E-state index in [9.17, 15) is 19.2 Å². The summed E-state index contributed by atoms with van der Waals surface area (Å²) in [6, 6.07) is 9.12. The highest BCUT2D eigenvalue weighted by atomic mass is 32.1. The predicted octanol–water partition coefficient (Wildman–Crippen LogP) is 1.71. The number of carbonyl (C=O) groups excluding carboxylic acids is 3. The molecule has 0 aliphatic rings. The van der Waals surface area contributed by atoms with Gasteiger partial charge in [-0.25, -0.2) is 9.67 Å². The number of methoxy groups -OCH3 is 1. The lowest BCUT2D eigenvalue weighted by molar-refractivity contribution is -0.142. The maximum atomic E-state index is 12.5. The Kier molecular flexibility index (Phi) is 7.86. The smallest absolute Gasteiger partial charge is 0.311 e.